The zero-order valence-corrected chi connectivity index (χ0v) is 17.7. The Kier molecular flexibility index (Phi) is 5.58. The molecule has 1 amide bonds. The van der Waals surface area contributed by atoms with Crippen molar-refractivity contribution in [3.05, 3.63) is 50.0 Å². The second-order valence-corrected chi connectivity index (χ2v) is 8.17. The van der Waals surface area contributed by atoms with E-state index in [0.29, 0.717) is 10.7 Å². The van der Waals surface area contributed by atoms with Gasteiger partial charge >= 0.3 is 0 Å². The largest absolute Gasteiger partial charge is 0.305 e. The lowest BCUT2D eigenvalue weighted by Gasteiger charge is -2.09. The van der Waals surface area contributed by atoms with Crippen LogP contribution in [0.2, 0.25) is 0 Å². The van der Waals surface area contributed by atoms with Crippen LogP contribution in [0.1, 0.15) is 39.4 Å². The van der Waals surface area contributed by atoms with Crippen LogP contribution in [-0.4, -0.2) is 20.7 Å². The summed E-state index contributed by atoms with van der Waals surface area (Å²) in [7, 11) is 1.84. The summed E-state index contributed by atoms with van der Waals surface area (Å²) in [5.41, 5.74) is 3.60. The molecule has 0 bridgehead atoms. The van der Waals surface area contributed by atoms with Gasteiger partial charge in [0.15, 0.2) is 0 Å². The first-order chi connectivity index (χ1) is 12.4. The van der Waals surface area contributed by atoms with E-state index in [-0.39, 0.29) is 5.91 Å². The molecule has 0 spiro atoms. The third-order valence-electron chi connectivity index (χ3n) is 4.10. The molecule has 1 aromatic carbocycles. The van der Waals surface area contributed by atoms with Crippen molar-refractivity contribution in [2.24, 2.45) is 7.05 Å². The molecule has 0 fully saturated rings. The lowest BCUT2D eigenvalue weighted by Crippen LogP contribution is -2.15. The standard InChI is InChI=1S/C19H21BrN4OS/c1-5-6-15-21-12(3)17(26-15)19(25)22-18-16(11(2)23-24(18)4)13-7-9-14(20)10-8-13/h7-10H,5-6H2,1-4H3,(H,22,25). The second kappa shape index (κ2) is 7.72. The lowest BCUT2D eigenvalue weighted by atomic mass is 10.1. The molecule has 0 aliphatic heterocycles. The maximum absolute atomic E-state index is 12.9. The van der Waals surface area contributed by atoms with Gasteiger partial charge in [0.25, 0.3) is 5.91 Å². The summed E-state index contributed by atoms with van der Waals surface area (Å²) < 4.78 is 2.73. The van der Waals surface area contributed by atoms with Crippen molar-refractivity contribution < 1.29 is 4.79 Å². The minimum Gasteiger partial charge on any atom is -0.305 e. The number of carbonyl (C=O) groups is 1. The summed E-state index contributed by atoms with van der Waals surface area (Å²) in [6, 6.07) is 8.00. The van der Waals surface area contributed by atoms with Crippen molar-refractivity contribution in [2.75, 3.05) is 5.32 Å². The van der Waals surface area contributed by atoms with E-state index < -0.39 is 0 Å². The van der Waals surface area contributed by atoms with E-state index in [4.69, 9.17) is 0 Å². The number of halogens is 1. The Balaban J connectivity index is 1.95. The van der Waals surface area contributed by atoms with E-state index in [1.54, 1.807) is 4.68 Å². The lowest BCUT2D eigenvalue weighted by molar-refractivity contribution is 0.102. The van der Waals surface area contributed by atoms with Crippen molar-refractivity contribution in [1.82, 2.24) is 14.8 Å². The van der Waals surface area contributed by atoms with Gasteiger partial charge in [0.2, 0.25) is 0 Å². The number of thiazole rings is 1. The average Bonchev–Trinajstić information content (AvgIpc) is 3.09. The molecular formula is C19H21BrN4OS. The van der Waals surface area contributed by atoms with Gasteiger partial charge in [-0.05, 0) is 44.4 Å². The Morgan fingerprint density at radius 3 is 2.58 bits per heavy atom. The summed E-state index contributed by atoms with van der Waals surface area (Å²) in [6.07, 6.45) is 1.91. The zero-order chi connectivity index (χ0) is 18.8. The van der Waals surface area contributed by atoms with E-state index in [1.807, 2.05) is 45.2 Å². The molecule has 3 aromatic rings. The van der Waals surface area contributed by atoms with E-state index in [9.17, 15) is 4.79 Å². The van der Waals surface area contributed by atoms with Crippen molar-refractivity contribution in [2.45, 2.75) is 33.6 Å². The topological polar surface area (TPSA) is 59.8 Å². The van der Waals surface area contributed by atoms with Crippen molar-refractivity contribution in [3.63, 3.8) is 0 Å². The summed E-state index contributed by atoms with van der Waals surface area (Å²) >= 11 is 4.93. The van der Waals surface area contributed by atoms with Crippen LogP contribution < -0.4 is 5.32 Å². The number of aromatic nitrogens is 3. The van der Waals surface area contributed by atoms with Crippen LogP contribution in [0.4, 0.5) is 5.82 Å². The molecular weight excluding hydrogens is 412 g/mol. The number of hydrogen-bond donors (Lipinski definition) is 1. The quantitative estimate of drug-likeness (QED) is 0.607. The Hall–Kier alpha value is -1.99. The monoisotopic (exact) mass is 432 g/mol. The summed E-state index contributed by atoms with van der Waals surface area (Å²) in [5, 5.41) is 8.54. The first kappa shape index (κ1) is 18.8. The number of nitrogens with zero attached hydrogens (tertiary/aromatic N) is 3. The van der Waals surface area contributed by atoms with Crippen LogP contribution in [0.15, 0.2) is 28.7 Å². The van der Waals surface area contributed by atoms with Gasteiger partial charge in [0.1, 0.15) is 10.7 Å². The molecule has 3 rings (SSSR count). The fourth-order valence-corrected chi connectivity index (χ4v) is 4.24. The molecule has 0 saturated heterocycles. The maximum Gasteiger partial charge on any atom is 0.268 e. The van der Waals surface area contributed by atoms with Crippen LogP contribution in [0, 0.1) is 13.8 Å². The van der Waals surface area contributed by atoms with Crippen LogP contribution in [-0.2, 0) is 13.5 Å². The number of carbonyl (C=O) groups excluding carboxylic acids is 1. The molecule has 136 valence electrons. The molecule has 2 heterocycles. The summed E-state index contributed by atoms with van der Waals surface area (Å²) in [5.74, 6) is 0.559. The molecule has 26 heavy (non-hydrogen) atoms. The highest BCUT2D eigenvalue weighted by atomic mass is 79.9. The molecule has 0 aliphatic carbocycles. The highest BCUT2D eigenvalue weighted by molar-refractivity contribution is 9.10. The van der Waals surface area contributed by atoms with Gasteiger partial charge in [-0.3, -0.25) is 9.48 Å². The predicted octanol–water partition coefficient (Wildman–Crippen LogP) is 5.13. The number of amides is 1. The van der Waals surface area contributed by atoms with Gasteiger partial charge in [-0.1, -0.05) is 35.0 Å². The van der Waals surface area contributed by atoms with Gasteiger partial charge in [-0.25, -0.2) is 4.98 Å². The third-order valence-corrected chi connectivity index (χ3v) is 5.84. The average molecular weight is 433 g/mol. The van der Waals surface area contributed by atoms with Crippen LogP contribution in [0.3, 0.4) is 0 Å². The molecule has 0 atom stereocenters. The first-order valence-corrected chi connectivity index (χ1v) is 10.1. The van der Waals surface area contributed by atoms with Crippen molar-refractivity contribution in [3.8, 4) is 11.1 Å². The van der Waals surface area contributed by atoms with Crippen LogP contribution in [0.5, 0.6) is 0 Å². The Morgan fingerprint density at radius 1 is 1.23 bits per heavy atom. The molecule has 0 radical (unpaired) electrons. The molecule has 1 N–H and O–H groups in total. The van der Waals surface area contributed by atoms with E-state index >= 15 is 0 Å². The van der Waals surface area contributed by atoms with Gasteiger partial charge in [0, 0.05) is 17.1 Å². The normalized spacial score (nSPS) is 11.0. The SMILES string of the molecule is CCCc1nc(C)c(C(=O)Nc2c(-c3ccc(Br)cc3)c(C)nn2C)s1. The summed E-state index contributed by atoms with van der Waals surface area (Å²) in [6.45, 7) is 5.94. The molecule has 5 nitrogen and oxygen atoms in total. The minimum absolute atomic E-state index is 0.135. The minimum atomic E-state index is -0.135. The van der Waals surface area contributed by atoms with E-state index in [2.05, 4.69) is 38.3 Å². The Labute approximate surface area is 165 Å². The van der Waals surface area contributed by atoms with Crippen LogP contribution >= 0.6 is 27.3 Å². The summed E-state index contributed by atoms with van der Waals surface area (Å²) in [4.78, 5) is 18.0. The fourth-order valence-electron chi connectivity index (χ4n) is 2.91. The maximum atomic E-state index is 12.9. The molecule has 7 heteroatoms. The second-order valence-electron chi connectivity index (χ2n) is 6.17. The van der Waals surface area contributed by atoms with Gasteiger partial charge < -0.3 is 5.32 Å². The number of aryl methyl sites for hydroxylation is 4. The Morgan fingerprint density at radius 2 is 1.92 bits per heavy atom. The van der Waals surface area contributed by atoms with Gasteiger partial charge in [-0.15, -0.1) is 11.3 Å². The zero-order valence-electron chi connectivity index (χ0n) is 15.3. The molecule has 0 saturated carbocycles. The third kappa shape index (κ3) is 3.73. The number of nitrogens with one attached hydrogen (secondary N) is 1. The molecule has 0 unspecified atom stereocenters. The van der Waals surface area contributed by atoms with Crippen molar-refractivity contribution >= 4 is 39.0 Å². The first-order valence-electron chi connectivity index (χ1n) is 8.48. The molecule has 0 aliphatic rings. The van der Waals surface area contributed by atoms with Crippen molar-refractivity contribution in [1.29, 1.82) is 0 Å². The highest BCUT2D eigenvalue weighted by Crippen LogP contribution is 2.32. The fraction of sp³-hybridized carbons (Fsp3) is 0.316. The number of anilines is 1. The highest BCUT2D eigenvalue weighted by Gasteiger charge is 2.21. The smallest absolute Gasteiger partial charge is 0.268 e. The Bertz CT molecular complexity index is 943. The number of benzene rings is 1. The molecule has 2 aromatic heterocycles. The predicted molar refractivity (Wildman–Crippen MR) is 110 cm³/mol. The van der Waals surface area contributed by atoms with Crippen LogP contribution in [0.25, 0.3) is 11.1 Å². The van der Waals surface area contributed by atoms with Gasteiger partial charge in [0.05, 0.1) is 16.4 Å². The van der Waals surface area contributed by atoms with E-state index in [0.717, 1.165) is 44.8 Å². The van der Waals surface area contributed by atoms with Gasteiger partial charge in [-0.2, -0.15) is 5.10 Å². The van der Waals surface area contributed by atoms with E-state index in [1.165, 1.54) is 11.3 Å². The number of hydrogen-bond acceptors (Lipinski definition) is 4. The number of rotatable bonds is 5.